The molecule has 0 amide bonds. The Hall–Kier alpha value is -0.740. The summed E-state index contributed by atoms with van der Waals surface area (Å²) in [6.45, 7) is 5.98. The van der Waals surface area contributed by atoms with Crippen LogP contribution in [0.25, 0.3) is 0 Å². The molecule has 2 unspecified atom stereocenters. The molecule has 0 aromatic heterocycles. The van der Waals surface area contributed by atoms with Gasteiger partial charge in [-0.3, -0.25) is 0 Å². The van der Waals surface area contributed by atoms with E-state index < -0.39 is 0 Å². The Morgan fingerprint density at radius 1 is 1.53 bits per heavy atom. The van der Waals surface area contributed by atoms with E-state index in [9.17, 15) is 4.39 Å². The van der Waals surface area contributed by atoms with Crippen molar-refractivity contribution in [3.63, 3.8) is 0 Å². The van der Waals surface area contributed by atoms with Gasteiger partial charge in [0.2, 0.25) is 0 Å². The molecule has 2 rings (SSSR count). The Balaban J connectivity index is 2.34. The molecule has 4 heteroatoms. The van der Waals surface area contributed by atoms with Crippen molar-refractivity contribution < 1.29 is 4.39 Å². The van der Waals surface area contributed by atoms with Gasteiger partial charge >= 0.3 is 0 Å². The molecule has 0 saturated carbocycles. The SMILES string of the molecule is CC1CN(c2cccc(F)c2C(C)N)CCS1. The summed E-state index contributed by atoms with van der Waals surface area (Å²) in [6, 6.07) is 4.97. The Bertz CT molecular complexity index is 395. The minimum absolute atomic E-state index is 0.191. The maximum atomic E-state index is 13.8. The van der Waals surface area contributed by atoms with Crippen LogP contribution in [0, 0.1) is 5.82 Å². The lowest BCUT2D eigenvalue weighted by atomic mass is 10.0. The second-order valence-corrected chi connectivity index (χ2v) is 6.14. The van der Waals surface area contributed by atoms with E-state index in [4.69, 9.17) is 5.73 Å². The Morgan fingerprint density at radius 2 is 2.29 bits per heavy atom. The van der Waals surface area contributed by atoms with Crippen LogP contribution in [0.3, 0.4) is 0 Å². The van der Waals surface area contributed by atoms with Crippen molar-refractivity contribution in [1.82, 2.24) is 0 Å². The van der Waals surface area contributed by atoms with Gasteiger partial charge in [0.25, 0.3) is 0 Å². The van der Waals surface area contributed by atoms with Gasteiger partial charge in [-0.1, -0.05) is 13.0 Å². The molecule has 17 heavy (non-hydrogen) atoms. The van der Waals surface area contributed by atoms with Crippen molar-refractivity contribution in [2.45, 2.75) is 25.1 Å². The molecular formula is C13H19FN2S. The van der Waals surface area contributed by atoms with Crippen LogP contribution < -0.4 is 10.6 Å². The summed E-state index contributed by atoms with van der Waals surface area (Å²) < 4.78 is 13.8. The van der Waals surface area contributed by atoms with Crippen molar-refractivity contribution in [1.29, 1.82) is 0 Å². The minimum atomic E-state index is -0.268. The van der Waals surface area contributed by atoms with E-state index in [1.165, 1.54) is 6.07 Å². The molecule has 2 atom stereocenters. The first-order chi connectivity index (χ1) is 8.09. The highest BCUT2D eigenvalue weighted by atomic mass is 32.2. The number of nitrogens with zero attached hydrogens (tertiary/aromatic N) is 1. The molecule has 1 aliphatic heterocycles. The molecule has 1 aliphatic rings. The fourth-order valence-corrected chi connectivity index (χ4v) is 3.30. The van der Waals surface area contributed by atoms with Crippen LogP contribution in [0.5, 0.6) is 0 Å². The van der Waals surface area contributed by atoms with E-state index in [-0.39, 0.29) is 11.9 Å². The van der Waals surface area contributed by atoms with E-state index in [0.717, 1.165) is 24.5 Å². The van der Waals surface area contributed by atoms with Crippen LogP contribution in [-0.4, -0.2) is 24.1 Å². The van der Waals surface area contributed by atoms with Crippen LogP contribution in [-0.2, 0) is 0 Å². The number of thioether (sulfide) groups is 1. The van der Waals surface area contributed by atoms with Gasteiger partial charge in [0.1, 0.15) is 5.82 Å². The molecule has 2 nitrogen and oxygen atoms in total. The third-order valence-corrected chi connectivity index (χ3v) is 4.20. The highest BCUT2D eigenvalue weighted by molar-refractivity contribution is 8.00. The molecule has 0 bridgehead atoms. The molecule has 1 saturated heterocycles. The summed E-state index contributed by atoms with van der Waals surface area (Å²) in [7, 11) is 0. The van der Waals surface area contributed by atoms with Crippen LogP contribution in [0.2, 0.25) is 0 Å². The summed E-state index contributed by atoms with van der Waals surface area (Å²) in [4.78, 5) is 2.25. The zero-order valence-electron chi connectivity index (χ0n) is 10.3. The van der Waals surface area contributed by atoms with E-state index in [0.29, 0.717) is 10.8 Å². The molecule has 0 radical (unpaired) electrons. The Morgan fingerprint density at radius 3 is 2.94 bits per heavy atom. The lowest BCUT2D eigenvalue weighted by molar-refractivity contribution is 0.591. The third kappa shape index (κ3) is 2.75. The van der Waals surface area contributed by atoms with Crippen molar-refractivity contribution in [3.8, 4) is 0 Å². The normalized spacial score (nSPS) is 22.6. The lowest BCUT2D eigenvalue weighted by Gasteiger charge is -2.34. The second kappa shape index (κ2) is 5.27. The largest absolute Gasteiger partial charge is 0.369 e. The summed E-state index contributed by atoms with van der Waals surface area (Å²) >= 11 is 1.97. The van der Waals surface area contributed by atoms with Crippen LogP contribution in [0.15, 0.2) is 18.2 Å². The van der Waals surface area contributed by atoms with Crippen molar-refractivity contribution in [3.05, 3.63) is 29.6 Å². The lowest BCUT2D eigenvalue weighted by Crippen LogP contribution is -2.37. The highest BCUT2D eigenvalue weighted by Crippen LogP contribution is 2.31. The molecular weight excluding hydrogens is 235 g/mol. The number of halogens is 1. The van der Waals surface area contributed by atoms with Gasteiger partial charge in [0.15, 0.2) is 0 Å². The zero-order chi connectivity index (χ0) is 12.4. The summed E-state index contributed by atoms with van der Waals surface area (Å²) in [6.07, 6.45) is 0. The average molecular weight is 254 g/mol. The van der Waals surface area contributed by atoms with E-state index in [1.807, 2.05) is 24.8 Å². The molecule has 1 fully saturated rings. The maximum Gasteiger partial charge on any atom is 0.130 e. The van der Waals surface area contributed by atoms with Gasteiger partial charge < -0.3 is 10.6 Å². The fourth-order valence-electron chi connectivity index (χ4n) is 2.29. The predicted molar refractivity (Wildman–Crippen MR) is 73.1 cm³/mol. The van der Waals surface area contributed by atoms with Gasteiger partial charge in [-0.15, -0.1) is 0 Å². The van der Waals surface area contributed by atoms with Crippen LogP contribution in [0.4, 0.5) is 10.1 Å². The van der Waals surface area contributed by atoms with Gasteiger partial charge in [-0.2, -0.15) is 11.8 Å². The maximum absolute atomic E-state index is 13.8. The van der Waals surface area contributed by atoms with Crippen molar-refractivity contribution in [2.24, 2.45) is 5.73 Å². The van der Waals surface area contributed by atoms with E-state index in [1.54, 1.807) is 6.07 Å². The molecule has 1 aromatic rings. The number of hydrogen-bond acceptors (Lipinski definition) is 3. The Labute approximate surface area is 106 Å². The number of nitrogens with two attached hydrogens (primary N) is 1. The first-order valence-electron chi connectivity index (χ1n) is 6.00. The van der Waals surface area contributed by atoms with E-state index in [2.05, 4.69) is 11.8 Å². The number of benzene rings is 1. The van der Waals surface area contributed by atoms with Crippen LogP contribution >= 0.6 is 11.8 Å². The molecule has 1 aromatic carbocycles. The fraction of sp³-hybridized carbons (Fsp3) is 0.538. The number of rotatable bonds is 2. The third-order valence-electron chi connectivity index (χ3n) is 3.07. The van der Waals surface area contributed by atoms with Gasteiger partial charge in [-0.25, -0.2) is 4.39 Å². The monoisotopic (exact) mass is 254 g/mol. The average Bonchev–Trinajstić information content (AvgIpc) is 2.28. The minimum Gasteiger partial charge on any atom is -0.369 e. The molecule has 0 spiro atoms. The van der Waals surface area contributed by atoms with Gasteiger partial charge in [0, 0.05) is 41.4 Å². The highest BCUT2D eigenvalue weighted by Gasteiger charge is 2.22. The van der Waals surface area contributed by atoms with Gasteiger partial charge in [-0.05, 0) is 19.1 Å². The summed E-state index contributed by atoms with van der Waals surface area (Å²) in [5.74, 6) is 0.902. The molecule has 94 valence electrons. The zero-order valence-corrected chi connectivity index (χ0v) is 11.1. The van der Waals surface area contributed by atoms with Crippen molar-refractivity contribution >= 4 is 17.4 Å². The molecule has 1 heterocycles. The summed E-state index contributed by atoms with van der Waals surface area (Å²) in [5, 5.41) is 0.591. The van der Waals surface area contributed by atoms with E-state index >= 15 is 0 Å². The van der Waals surface area contributed by atoms with Gasteiger partial charge in [0.05, 0.1) is 0 Å². The predicted octanol–water partition coefficient (Wildman–Crippen LogP) is 2.79. The smallest absolute Gasteiger partial charge is 0.130 e. The standard InChI is InChI=1S/C13H19FN2S/c1-9-8-16(6-7-17-9)12-5-3-4-11(14)13(12)10(2)15/h3-5,9-10H,6-8,15H2,1-2H3. The number of hydrogen-bond donors (Lipinski definition) is 1. The number of anilines is 1. The quantitative estimate of drug-likeness (QED) is 0.880. The first-order valence-corrected chi connectivity index (χ1v) is 7.05. The Kier molecular flexibility index (Phi) is 3.94. The summed E-state index contributed by atoms with van der Waals surface area (Å²) in [5.41, 5.74) is 7.49. The first kappa shape index (κ1) is 12.7. The molecule has 2 N–H and O–H groups in total. The second-order valence-electron chi connectivity index (χ2n) is 4.59. The van der Waals surface area contributed by atoms with Crippen molar-refractivity contribution in [2.75, 3.05) is 23.7 Å². The topological polar surface area (TPSA) is 29.3 Å². The van der Waals surface area contributed by atoms with Crippen LogP contribution in [0.1, 0.15) is 25.5 Å². The molecule has 0 aliphatic carbocycles.